The lowest BCUT2D eigenvalue weighted by Gasteiger charge is -2.10. The number of aryl methyl sites for hydroxylation is 3. The van der Waals surface area contributed by atoms with Gasteiger partial charge in [0.15, 0.2) is 0 Å². The van der Waals surface area contributed by atoms with Gasteiger partial charge in [-0.2, -0.15) is 0 Å². The van der Waals surface area contributed by atoms with E-state index in [1.54, 1.807) is 12.3 Å². The number of carbonyl (C=O) groups excluding carboxylic acids is 1. The van der Waals surface area contributed by atoms with Crippen LogP contribution in [0.4, 0.5) is 5.69 Å². The first-order chi connectivity index (χ1) is 8.97. The van der Waals surface area contributed by atoms with E-state index in [1.807, 2.05) is 39.8 Å². The monoisotopic (exact) mass is 254 g/mol. The lowest BCUT2D eigenvalue weighted by molar-refractivity contribution is 0.102. The Morgan fingerprint density at radius 1 is 1.05 bits per heavy atom. The Morgan fingerprint density at radius 2 is 1.68 bits per heavy atom. The van der Waals surface area contributed by atoms with Gasteiger partial charge in [0, 0.05) is 23.1 Å². The van der Waals surface area contributed by atoms with E-state index in [9.17, 15) is 4.79 Å². The minimum absolute atomic E-state index is 0.0898. The highest BCUT2D eigenvalue weighted by Gasteiger charge is 2.11. The molecular formula is C16H18N2O. The van der Waals surface area contributed by atoms with Gasteiger partial charge in [0.05, 0.1) is 0 Å². The van der Waals surface area contributed by atoms with Crippen molar-refractivity contribution in [1.29, 1.82) is 0 Å². The lowest BCUT2D eigenvalue weighted by atomic mass is 10.1. The van der Waals surface area contributed by atoms with Crippen molar-refractivity contribution in [2.75, 3.05) is 5.32 Å². The summed E-state index contributed by atoms with van der Waals surface area (Å²) in [6.45, 7) is 7.86. The number of anilines is 1. The molecule has 0 unspecified atom stereocenters. The zero-order valence-corrected chi connectivity index (χ0v) is 11.7. The molecule has 1 heterocycles. The molecule has 0 atom stereocenters. The van der Waals surface area contributed by atoms with E-state index in [1.165, 1.54) is 0 Å². The predicted molar refractivity (Wildman–Crippen MR) is 77.6 cm³/mol. The first-order valence-electron chi connectivity index (χ1n) is 6.29. The van der Waals surface area contributed by atoms with Crippen LogP contribution in [-0.4, -0.2) is 10.9 Å². The van der Waals surface area contributed by atoms with Gasteiger partial charge in [0.1, 0.15) is 0 Å². The van der Waals surface area contributed by atoms with E-state index in [2.05, 4.69) is 16.4 Å². The fourth-order valence-corrected chi connectivity index (χ4v) is 2.13. The third-order valence-corrected chi connectivity index (χ3v) is 3.18. The average molecular weight is 254 g/mol. The minimum Gasteiger partial charge on any atom is -0.322 e. The number of benzene rings is 1. The van der Waals surface area contributed by atoms with Gasteiger partial charge in [-0.1, -0.05) is 6.07 Å². The summed E-state index contributed by atoms with van der Waals surface area (Å²) in [5.41, 5.74) is 5.58. The van der Waals surface area contributed by atoms with E-state index in [0.29, 0.717) is 5.56 Å². The molecule has 0 saturated heterocycles. The van der Waals surface area contributed by atoms with Gasteiger partial charge in [-0.05, 0) is 62.6 Å². The Kier molecular flexibility index (Phi) is 3.65. The molecule has 0 aliphatic rings. The van der Waals surface area contributed by atoms with Crippen LogP contribution in [0.5, 0.6) is 0 Å². The normalized spacial score (nSPS) is 10.3. The maximum Gasteiger partial charge on any atom is 0.256 e. The number of aromatic nitrogens is 1. The van der Waals surface area contributed by atoms with Crippen molar-refractivity contribution >= 4 is 11.6 Å². The van der Waals surface area contributed by atoms with Gasteiger partial charge >= 0.3 is 0 Å². The van der Waals surface area contributed by atoms with Crippen molar-refractivity contribution in [3.05, 3.63) is 58.4 Å². The van der Waals surface area contributed by atoms with Crippen LogP contribution in [0.1, 0.15) is 32.7 Å². The summed E-state index contributed by atoms with van der Waals surface area (Å²) >= 11 is 0. The summed E-state index contributed by atoms with van der Waals surface area (Å²) < 4.78 is 0. The summed E-state index contributed by atoms with van der Waals surface area (Å²) in [5.74, 6) is -0.0898. The zero-order chi connectivity index (χ0) is 14.0. The number of hydrogen-bond acceptors (Lipinski definition) is 2. The zero-order valence-electron chi connectivity index (χ0n) is 11.7. The fraction of sp³-hybridized carbons (Fsp3) is 0.250. The summed E-state index contributed by atoms with van der Waals surface area (Å²) in [4.78, 5) is 16.4. The Bertz CT molecular complexity index is 612. The summed E-state index contributed by atoms with van der Waals surface area (Å²) in [6.07, 6.45) is 1.67. The van der Waals surface area contributed by atoms with Crippen molar-refractivity contribution in [3.8, 4) is 0 Å². The fourth-order valence-electron chi connectivity index (χ4n) is 2.13. The number of rotatable bonds is 2. The van der Waals surface area contributed by atoms with E-state index in [4.69, 9.17) is 0 Å². The first kappa shape index (κ1) is 13.3. The molecule has 1 aromatic heterocycles. The quantitative estimate of drug-likeness (QED) is 0.890. The van der Waals surface area contributed by atoms with Crippen LogP contribution >= 0.6 is 0 Å². The Morgan fingerprint density at radius 3 is 2.32 bits per heavy atom. The summed E-state index contributed by atoms with van der Waals surface area (Å²) in [7, 11) is 0. The van der Waals surface area contributed by atoms with Gasteiger partial charge in [0.2, 0.25) is 0 Å². The molecule has 0 aliphatic heterocycles. The molecular weight excluding hydrogens is 236 g/mol. The molecule has 0 spiro atoms. The maximum absolute atomic E-state index is 12.3. The Labute approximate surface area is 113 Å². The molecule has 0 saturated carbocycles. The molecule has 1 aromatic carbocycles. The van der Waals surface area contributed by atoms with Crippen molar-refractivity contribution < 1.29 is 4.79 Å². The van der Waals surface area contributed by atoms with Crippen molar-refractivity contribution in [2.45, 2.75) is 27.7 Å². The predicted octanol–water partition coefficient (Wildman–Crippen LogP) is 3.57. The second-order valence-electron chi connectivity index (χ2n) is 4.90. The van der Waals surface area contributed by atoms with Crippen molar-refractivity contribution in [2.24, 2.45) is 0 Å². The van der Waals surface area contributed by atoms with E-state index in [-0.39, 0.29) is 5.91 Å². The second-order valence-corrected chi connectivity index (χ2v) is 4.90. The molecule has 0 radical (unpaired) electrons. The Balaban J connectivity index is 2.28. The van der Waals surface area contributed by atoms with Gasteiger partial charge in [0.25, 0.3) is 5.91 Å². The molecule has 2 aromatic rings. The summed E-state index contributed by atoms with van der Waals surface area (Å²) in [6, 6.07) is 7.76. The third kappa shape index (κ3) is 2.99. The highest BCUT2D eigenvalue weighted by Crippen LogP contribution is 2.16. The van der Waals surface area contributed by atoms with Crippen molar-refractivity contribution in [1.82, 2.24) is 4.98 Å². The van der Waals surface area contributed by atoms with Crippen molar-refractivity contribution in [3.63, 3.8) is 0 Å². The van der Waals surface area contributed by atoms with Crippen LogP contribution in [-0.2, 0) is 0 Å². The minimum atomic E-state index is -0.0898. The standard InChI is InChI=1S/C16H18N2O/c1-10-7-11(2)9-14(8-10)18-16(19)15-5-6-17-13(4)12(15)3/h5-9H,1-4H3,(H,18,19). The molecule has 0 aliphatic carbocycles. The largest absolute Gasteiger partial charge is 0.322 e. The number of amides is 1. The molecule has 1 N–H and O–H groups in total. The van der Waals surface area contributed by atoms with Crippen LogP contribution in [0.25, 0.3) is 0 Å². The molecule has 2 rings (SSSR count). The number of hydrogen-bond donors (Lipinski definition) is 1. The number of pyridine rings is 1. The topological polar surface area (TPSA) is 42.0 Å². The van der Waals surface area contributed by atoms with Gasteiger partial charge in [-0.25, -0.2) is 0 Å². The van der Waals surface area contributed by atoms with E-state index in [0.717, 1.165) is 28.1 Å². The van der Waals surface area contributed by atoms with E-state index < -0.39 is 0 Å². The molecule has 19 heavy (non-hydrogen) atoms. The number of nitrogens with zero attached hydrogens (tertiary/aromatic N) is 1. The van der Waals surface area contributed by atoms with Crippen LogP contribution in [0.15, 0.2) is 30.5 Å². The molecule has 98 valence electrons. The average Bonchev–Trinajstić information content (AvgIpc) is 2.31. The van der Waals surface area contributed by atoms with Gasteiger partial charge in [-0.3, -0.25) is 9.78 Å². The number of carbonyl (C=O) groups is 1. The van der Waals surface area contributed by atoms with Gasteiger partial charge < -0.3 is 5.32 Å². The summed E-state index contributed by atoms with van der Waals surface area (Å²) in [5, 5.41) is 2.94. The second kappa shape index (κ2) is 5.22. The molecule has 3 heteroatoms. The Hall–Kier alpha value is -2.16. The highest BCUT2D eigenvalue weighted by molar-refractivity contribution is 6.05. The van der Waals surface area contributed by atoms with Crippen LogP contribution in [0, 0.1) is 27.7 Å². The van der Waals surface area contributed by atoms with Crippen LogP contribution < -0.4 is 5.32 Å². The molecule has 0 fully saturated rings. The lowest BCUT2D eigenvalue weighted by Crippen LogP contribution is -2.14. The maximum atomic E-state index is 12.3. The number of nitrogens with one attached hydrogen (secondary N) is 1. The SMILES string of the molecule is Cc1cc(C)cc(NC(=O)c2ccnc(C)c2C)c1. The smallest absolute Gasteiger partial charge is 0.256 e. The van der Waals surface area contributed by atoms with Crippen LogP contribution in [0.3, 0.4) is 0 Å². The third-order valence-electron chi connectivity index (χ3n) is 3.18. The molecule has 0 bridgehead atoms. The highest BCUT2D eigenvalue weighted by atomic mass is 16.1. The molecule has 1 amide bonds. The van der Waals surface area contributed by atoms with Gasteiger partial charge in [-0.15, -0.1) is 0 Å². The van der Waals surface area contributed by atoms with E-state index >= 15 is 0 Å². The first-order valence-corrected chi connectivity index (χ1v) is 6.29. The molecule has 3 nitrogen and oxygen atoms in total. The van der Waals surface area contributed by atoms with Crippen LogP contribution in [0.2, 0.25) is 0 Å².